The van der Waals surface area contributed by atoms with Gasteiger partial charge in [-0.05, 0) is 48.9 Å². The van der Waals surface area contributed by atoms with E-state index < -0.39 is 0 Å². The van der Waals surface area contributed by atoms with Crippen LogP contribution in [0.1, 0.15) is 96.8 Å². The first kappa shape index (κ1) is 27.8. The second kappa shape index (κ2) is 16.1. The van der Waals surface area contributed by atoms with E-state index in [4.69, 9.17) is 13.9 Å². The SMILES string of the molecule is CCCCCCCCCCCCCCCCOc1ccc(-c2cc(=O)c3cc(OC)ccc3o2)cc1. The predicted molar refractivity (Wildman–Crippen MR) is 150 cm³/mol. The van der Waals surface area contributed by atoms with Gasteiger partial charge in [0.25, 0.3) is 0 Å². The lowest BCUT2D eigenvalue weighted by atomic mass is 10.0. The third-order valence-electron chi connectivity index (χ3n) is 6.84. The van der Waals surface area contributed by atoms with Crippen LogP contribution in [0.2, 0.25) is 0 Å². The van der Waals surface area contributed by atoms with Crippen molar-refractivity contribution < 1.29 is 13.9 Å². The molecule has 0 saturated carbocycles. The van der Waals surface area contributed by atoms with Crippen LogP contribution < -0.4 is 14.9 Å². The van der Waals surface area contributed by atoms with Gasteiger partial charge in [-0.1, -0.05) is 90.4 Å². The minimum Gasteiger partial charge on any atom is -0.497 e. The quantitative estimate of drug-likeness (QED) is 0.166. The molecule has 0 amide bonds. The van der Waals surface area contributed by atoms with Crippen molar-refractivity contribution >= 4 is 11.0 Å². The molecule has 0 aliphatic heterocycles. The van der Waals surface area contributed by atoms with Crippen LogP contribution >= 0.6 is 0 Å². The summed E-state index contributed by atoms with van der Waals surface area (Å²) in [4.78, 5) is 12.5. The van der Waals surface area contributed by atoms with Gasteiger partial charge >= 0.3 is 0 Å². The van der Waals surface area contributed by atoms with Crippen molar-refractivity contribution in [1.82, 2.24) is 0 Å². The van der Waals surface area contributed by atoms with E-state index in [1.165, 1.54) is 89.5 Å². The second-order valence-corrected chi connectivity index (χ2v) is 9.81. The highest BCUT2D eigenvalue weighted by molar-refractivity contribution is 5.80. The highest BCUT2D eigenvalue weighted by atomic mass is 16.5. The Morgan fingerprint density at radius 3 is 1.81 bits per heavy atom. The van der Waals surface area contributed by atoms with Crippen LogP contribution in [0.5, 0.6) is 11.5 Å². The van der Waals surface area contributed by atoms with E-state index in [1.54, 1.807) is 25.3 Å². The van der Waals surface area contributed by atoms with Gasteiger partial charge in [-0.15, -0.1) is 0 Å². The van der Waals surface area contributed by atoms with Crippen molar-refractivity contribution in [3.63, 3.8) is 0 Å². The standard InChI is InChI=1S/C32H44O4/c1-3-4-5-6-7-8-9-10-11-12-13-14-15-16-23-35-27-19-17-26(18-20-27)32-25-30(33)29-24-28(34-2)21-22-31(29)36-32/h17-22,24-25H,3-16,23H2,1-2H3. The van der Waals surface area contributed by atoms with Crippen molar-refractivity contribution in [2.24, 2.45) is 0 Å². The van der Waals surface area contributed by atoms with Crippen LogP contribution in [0, 0.1) is 0 Å². The summed E-state index contributed by atoms with van der Waals surface area (Å²) in [6, 6.07) is 14.6. The van der Waals surface area contributed by atoms with Gasteiger partial charge in [0.15, 0.2) is 5.43 Å². The average molecular weight is 493 g/mol. The normalized spacial score (nSPS) is 11.2. The smallest absolute Gasteiger partial charge is 0.193 e. The highest BCUT2D eigenvalue weighted by Gasteiger charge is 2.08. The van der Waals surface area contributed by atoms with E-state index in [-0.39, 0.29) is 5.43 Å². The Labute approximate surface area is 217 Å². The van der Waals surface area contributed by atoms with Crippen molar-refractivity contribution in [3.05, 3.63) is 58.8 Å². The molecule has 0 radical (unpaired) electrons. The van der Waals surface area contributed by atoms with Crippen molar-refractivity contribution in [2.75, 3.05) is 13.7 Å². The van der Waals surface area contributed by atoms with E-state index in [9.17, 15) is 4.79 Å². The van der Waals surface area contributed by atoms with Crippen LogP contribution in [-0.4, -0.2) is 13.7 Å². The molecule has 4 heteroatoms. The fourth-order valence-electron chi connectivity index (χ4n) is 4.61. The molecular weight excluding hydrogens is 448 g/mol. The summed E-state index contributed by atoms with van der Waals surface area (Å²) < 4.78 is 17.1. The summed E-state index contributed by atoms with van der Waals surface area (Å²) in [5.74, 6) is 2.04. The minimum atomic E-state index is -0.0803. The highest BCUT2D eigenvalue weighted by Crippen LogP contribution is 2.26. The van der Waals surface area contributed by atoms with Crippen LogP contribution in [0.15, 0.2) is 57.7 Å². The topological polar surface area (TPSA) is 48.7 Å². The fourth-order valence-corrected chi connectivity index (χ4v) is 4.61. The molecule has 1 aromatic heterocycles. The molecule has 0 unspecified atom stereocenters. The fraction of sp³-hybridized carbons (Fsp3) is 0.531. The molecule has 4 nitrogen and oxygen atoms in total. The molecule has 2 aromatic carbocycles. The van der Waals surface area contributed by atoms with E-state index in [1.807, 2.05) is 24.3 Å². The zero-order valence-corrected chi connectivity index (χ0v) is 22.4. The molecule has 0 aliphatic carbocycles. The van der Waals surface area contributed by atoms with Crippen molar-refractivity contribution in [1.29, 1.82) is 0 Å². The monoisotopic (exact) mass is 492 g/mol. The Hall–Kier alpha value is -2.75. The molecular formula is C32H44O4. The average Bonchev–Trinajstić information content (AvgIpc) is 2.91. The zero-order valence-electron chi connectivity index (χ0n) is 22.4. The summed E-state index contributed by atoms with van der Waals surface area (Å²) in [5.41, 5.74) is 1.33. The van der Waals surface area contributed by atoms with Gasteiger partial charge in [0.05, 0.1) is 19.1 Å². The van der Waals surface area contributed by atoms with Crippen LogP contribution in [0.4, 0.5) is 0 Å². The first-order chi connectivity index (χ1) is 17.7. The maximum absolute atomic E-state index is 12.5. The Morgan fingerprint density at radius 1 is 0.667 bits per heavy atom. The van der Waals surface area contributed by atoms with E-state index in [0.717, 1.165) is 24.3 Å². The Kier molecular flexibility index (Phi) is 12.4. The van der Waals surface area contributed by atoms with Crippen LogP contribution in [0.3, 0.4) is 0 Å². The maximum atomic E-state index is 12.5. The van der Waals surface area contributed by atoms with E-state index >= 15 is 0 Å². The molecule has 3 rings (SSSR count). The minimum absolute atomic E-state index is 0.0803. The maximum Gasteiger partial charge on any atom is 0.193 e. The molecule has 36 heavy (non-hydrogen) atoms. The number of benzene rings is 2. The largest absolute Gasteiger partial charge is 0.497 e. The van der Waals surface area contributed by atoms with Gasteiger partial charge in [-0.25, -0.2) is 0 Å². The van der Waals surface area contributed by atoms with Crippen molar-refractivity contribution in [2.45, 2.75) is 96.8 Å². The third-order valence-corrected chi connectivity index (χ3v) is 6.84. The van der Waals surface area contributed by atoms with Crippen LogP contribution in [-0.2, 0) is 0 Å². The molecule has 0 fully saturated rings. The second-order valence-electron chi connectivity index (χ2n) is 9.81. The van der Waals surface area contributed by atoms with Gasteiger partial charge in [-0.3, -0.25) is 4.79 Å². The van der Waals surface area contributed by atoms with Gasteiger partial charge in [0, 0.05) is 11.6 Å². The third kappa shape index (κ3) is 9.37. The number of methoxy groups -OCH3 is 1. The number of hydrogen-bond acceptors (Lipinski definition) is 4. The predicted octanol–water partition coefficient (Wildman–Crippen LogP) is 9.33. The molecule has 1 heterocycles. The molecule has 196 valence electrons. The van der Waals surface area contributed by atoms with Gasteiger partial charge in [0.2, 0.25) is 0 Å². The summed E-state index contributed by atoms with van der Waals surface area (Å²) in [6.07, 6.45) is 19.0. The molecule has 3 aromatic rings. The lowest BCUT2D eigenvalue weighted by Crippen LogP contribution is -2.01. The number of rotatable bonds is 18. The molecule has 0 aliphatic rings. The van der Waals surface area contributed by atoms with E-state index in [2.05, 4.69) is 6.92 Å². The number of ether oxygens (including phenoxy) is 2. The molecule has 0 atom stereocenters. The number of unbranched alkanes of at least 4 members (excludes halogenated alkanes) is 13. The first-order valence-corrected chi connectivity index (χ1v) is 14.1. The molecule has 0 bridgehead atoms. The number of fused-ring (bicyclic) bond motifs is 1. The molecule has 0 N–H and O–H groups in total. The summed E-state index contributed by atoms with van der Waals surface area (Å²) in [7, 11) is 1.58. The summed E-state index contributed by atoms with van der Waals surface area (Å²) in [6.45, 7) is 3.02. The van der Waals surface area contributed by atoms with Crippen molar-refractivity contribution in [3.8, 4) is 22.8 Å². The molecule has 0 spiro atoms. The Balaban J connectivity index is 1.28. The van der Waals surface area contributed by atoms with Crippen LogP contribution in [0.25, 0.3) is 22.3 Å². The summed E-state index contributed by atoms with van der Waals surface area (Å²) in [5, 5.41) is 0.520. The molecule has 0 saturated heterocycles. The first-order valence-electron chi connectivity index (χ1n) is 14.1. The van der Waals surface area contributed by atoms with Gasteiger partial charge in [-0.2, -0.15) is 0 Å². The lowest BCUT2D eigenvalue weighted by molar-refractivity contribution is 0.304. The number of hydrogen-bond donors (Lipinski definition) is 0. The summed E-state index contributed by atoms with van der Waals surface area (Å²) >= 11 is 0. The zero-order chi connectivity index (χ0) is 25.4. The van der Waals surface area contributed by atoms with Gasteiger partial charge in [0.1, 0.15) is 22.8 Å². The Morgan fingerprint density at radius 2 is 1.22 bits per heavy atom. The lowest BCUT2D eigenvalue weighted by Gasteiger charge is -2.08. The van der Waals surface area contributed by atoms with Gasteiger partial charge < -0.3 is 13.9 Å². The van der Waals surface area contributed by atoms with E-state index in [0.29, 0.717) is 22.5 Å². The Bertz CT molecular complexity index is 1070.